The van der Waals surface area contributed by atoms with Crippen LogP contribution in [0.1, 0.15) is 91.4 Å². The first-order valence-electron chi connectivity index (χ1n) is 14.5. The van der Waals surface area contributed by atoms with Crippen LogP contribution >= 0.6 is 0 Å². The van der Waals surface area contributed by atoms with Gasteiger partial charge in [-0.3, -0.25) is 9.59 Å². The first-order chi connectivity index (χ1) is 19.8. The van der Waals surface area contributed by atoms with Crippen LogP contribution in [0, 0.1) is 55.4 Å². The van der Waals surface area contributed by atoms with Crippen molar-refractivity contribution >= 4 is 11.9 Å². The van der Waals surface area contributed by atoms with E-state index in [9.17, 15) is 19.8 Å². The number of hydrogen-bond donors (Lipinski definition) is 2. The summed E-state index contributed by atoms with van der Waals surface area (Å²) in [6, 6.07) is 25.0. The molecule has 0 radical (unpaired) electrons. The van der Waals surface area contributed by atoms with Crippen molar-refractivity contribution in [1.82, 2.24) is 0 Å². The summed E-state index contributed by atoms with van der Waals surface area (Å²) in [4.78, 5) is 22.6. The second-order valence-corrected chi connectivity index (χ2v) is 11.7. The number of carbonyl (C=O) groups is 2. The topological polar surface area (TPSA) is 74.6 Å². The lowest BCUT2D eigenvalue weighted by atomic mass is 9.83. The summed E-state index contributed by atoms with van der Waals surface area (Å²) in [5.74, 6) is -1.72. The summed E-state index contributed by atoms with van der Waals surface area (Å²) in [6.07, 6.45) is 0.238. The largest absolute Gasteiger partial charge is 0.481 e. The van der Waals surface area contributed by atoms with Crippen LogP contribution in [0.4, 0.5) is 0 Å². The molecule has 4 heteroatoms. The minimum absolute atomic E-state index is 0.0938. The van der Waals surface area contributed by atoms with Crippen LogP contribution < -0.4 is 0 Å². The molecule has 0 heterocycles. The van der Waals surface area contributed by atoms with Gasteiger partial charge in [-0.2, -0.15) is 0 Å². The van der Waals surface area contributed by atoms with Crippen molar-refractivity contribution in [3.05, 3.63) is 140 Å². The van der Waals surface area contributed by atoms with Gasteiger partial charge in [0.2, 0.25) is 0 Å². The lowest BCUT2D eigenvalue weighted by Crippen LogP contribution is -2.11. The maximum atomic E-state index is 11.3. The van der Waals surface area contributed by atoms with Crippen molar-refractivity contribution < 1.29 is 19.8 Å². The summed E-state index contributed by atoms with van der Waals surface area (Å²) < 4.78 is 0. The zero-order valence-corrected chi connectivity index (χ0v) is 26.2. The highest BCUT2D eigenvalue weighted by atomic mass is 16.4. The summed E-state index contributed by atoms with van der Waals surface area (Å²) >= 11 is 0. The first-order valence-corrected chi connectivity index (χ1v) is 14.5. The van der Waals surface area contributed by atoms with Gasteiger partial charge in [0, 0.05) is 11.8 Å². The maximum Gasteiger partial charge on any atom is 0.304 e. The van der Waals surface area contributed by atoms with Crippen LogP contribution in [0.2, 0.25) is 0 Å². The van der Waals surface area contributed by atoms with Gasteiger partial charge in [-0.1, -0.05) is 95.1 Å². The smallest absolute Gasteiger partial charge is 0.304 e. The fraction of sp³-hybridized carbons (Fsp3) is 0.316. The minimum atomic E-state index is -0.764. The SMILES string of the molecule is Cc1ccc(C(CC(=O)O)c2ccc(C)cc2C)c(C)c1.Cc1ccc(C(CC(=O)O)c2ccc(C)cc2C)c(C)c1. The van der Waals surface area contributed by atoms with E-state index in [1.54, 1.807) is 0 Å². The Bertz CT molecular complexity index is 1360. The Morgan fingerprint density at radius 2 is 0.667 bits per heavy atom. The van der Waals surface area contributed by atoms with Crippen LogP contribution in [0.25, 0.3) is 0 Å². The Kier molecular flexibility index (Phi) is 10.9. The van der Waals surface area contributed by atoms with Gasteiger partial charge in [-0.05, 0) is 99.9 Å². The van der Waals surface area contributed by atoms with E-state index in [-0.39, 0.29) is 24.7 Å². The van der Waals surface area contributed by atoms with E-state index < -0.39 is 11.9 Å². The second kappa shape index (κ2) is 14.1. The highest BCUT2D eigenvalue weighted by Crippen LogP contribution is 2.34. The number of aliphatic carboxylic acids is 2. The van der Waals surface area contributed by atoms with Crippen molar-refractivity contribution in [2.45, 2.75) is 80.1 Å². The molecule has 0 aromatic heterocycles. The van der Waals surface area contributed by atoms with E-state index in [2.05, 4.69) is 128 Å². The third-order valence-corrected chi connectivity index (χ3v) is 7.96. The predicted molar refractivity (Wildman–Crippen MR) is 172 cm³/mol. The third kappa shape index (κ3) is 8.42. The molecule has 0 aliphatic carbocycles. The molecule has 4 nitrogen and oxygen atoms in total. The highest BCUT2D eigenvalue weighted by molar-refractivity contribution is 5.70. The number of hydrogen-bond acceptors (Lipinski definition) is 2. The lowest BCUT2D eigenvalue weighted by molar-refractivity contribution is -0.138. The molecule has 0 atom stereocenters. The molecule has 0 fully saturated rings. The molecule has 220 valence electrons. The van der Waals surface area contributed by atoms with Crippen molar-refractivity contribution in [2.24, 2.45) is 0 Å². The Labute approximate surface area is 251 Å². The molecule has 4 aromatic carbocycles. The Morgan fingerprint density at radius 1 is 0.452 bits per heavy atom. The zero-order valence-electron chi connectivity index (χ0n) is 26.2. The zero-order chi connectivity index (χ0) is 31.1. The standard InChI is InChI=1S/2C19H22O2/c2*1-12-5-7-16(14(3)9-12)18(11-19(20)21)17-8-6-13(2)10-15(17)4/h2*5-10,18H,11H2,1-4H3,(H,20,21). The molecule has 0 spiro atoms. The van der Waals surface area contributed by atoms with E-state index in [1.807, 2.05) is 0 Å². The number of carboxylic acids is 2. The molecule has 0 aliphatic rings. The molecule has 0 unspecified atom stereocenters. The molecule has 2 N–H and O–H groups in total. The van der Waals surface area contributed by atoms with Gasteiger partial charge in [0.05, 0.1) is 12.8 Å². The van der Waals surface area contributed by atoms with Gasteiger partial charge in [0.15, 0.2) is 0 Å². The van der Waals surface area contributed by atoms with E-state index in [0.29, 0.717) is 0 Å². The molecule has 42 heavy (non-hydrogen) atoms. The quantitative estimate of drug-likeness (QED) is 0.224. The molecule has 0 saturated carbocycles. The van der Waals surface area contributed by atoms with Crippen LogP contribution in [-0.4, -0.2) is 22.2 Å². The van der Waals surface area contributed by atoms with Crippen LogP contribution in [0.5, 0.6) is 0 Å². The van der Waals surface area contributed by atoms with Gasteiger partial charge >= 0.3 is 11.9 Å². The maximum absolute atomic E-state index is 11.3. The molecule has 0 amide bonds. The monoisotopic (exact) mass is 564 g/mol. The Hall–Kier alpha value is -4.18. The molecular weight excluding hydrogens is 520 g/mol. The molecule has 0 bridgehead atoms. The third-order valence-electron chi connectivity index (χ3n) is 7.96. The Balaban J connectivity index is 0.000000230. The summed E-state index contributed by atoms with van der Waals surface area (Å²) in [7, 11) is 0. The van der Waals surface area contributed by atoms with Crippen molar-refractivity contribution in [3.8, 4) is 0 Å². The number of benzene rings is 4. The van der Waals surface area contributed by atoms with E-state index in [1.165, 1.54) is 22.3 Å². The highest BCUT2D eigenvalue weighted by Gasteiger charge is 2.22. The van der Waals surface area contributed by atoms with Crippen LogP contribution in [0.3, 0.4) is 0 Å². The second-order valence-electron chi connectivity index (χ2n) is 11.7. The number of carboxylic acid groups (broad SMARTS) is 2. The molecule has 4 aromatic rings. The van der Waals surface area contributed by atoms with E-state index in [0.717, 1.165) is 44.5 Å². The lowest BCUT2D eigenvalue weighted by Gasteiger charge is -2.21. The van der Waals surface area contributed by atoms with E-state index in [4.69, 9.17) is 0 Å². The summed E-state index contributed by atoms with van der Waals surface area (Å²) in [6.45, 7) is 16.4. The Morgan fingerprint density at radius 3 is 0.833 bits per heavy atom. The van der Waals surface area contributed by atoms with Gasteiger partial charge in [0.1, 0.15) is 0 Å². The average molecular weight is 565 g/mol. The minimum Gasteiger partial charge on any atom is -0.481 e. The van der Waals surface area contributed by atoms with Gasteiger partial charge in [-0.25, -0.2) is 0 Å². The van der Waals surface area contributed by atoms with Crippen LogP contribution in [-0.2, 0) is 9.59 Å². The van der Waals surface area contributed by atoms with Crippen LogP contribution in [0.15, 0.2) is 72.8 Å². The fourth-order valence-electron chi connectivity index (χ4n) is 5.99. The van der Waals surface area contributed by atoms with Gasteiger partial charge in [0.25, 0.3) is 0 Å². The van der Waals surface area contributed by atoms with Gasteiger partial charge < -0.3 is 10.2 Å². The molecule has 0 saturated heterocycles. The summed E-state index contributed by atoms with van der Waals surface area (Å²) in [5.41, 5.74) is 13.8. The normalized spacial score (nSPS) is 10.9. The van der Waals surface area contributed by atoms with Crippen molar-refractivity contribution in [1.29, 1.82) is 0 Å². The van der Waals surface area contributed by atoms with Crippen molar-refractivity contribution in [3.63, 3.8) is 0 Å². The number of rotatable bonds is 8. The van der Waals surface area contributed by atoms with E-state index >= 15 is 0 Å². The summed E-state index contributed by atoms with van der Waals surface area (Å²) in [5, 5.41) is 18.6. The van der Waals surface area contributed by atoms with Gasteiger partial charge in [-0.15, -0.1) is 0 Å². The molecular formula is C38H44O4. The predicted octanol–water partition coefficient (Wildman–Crippen LogP) is 9.05. The fourth-order valence-corrected chi connectivity index (χ4v) is 5.99. The number of aryl methyl sites for hydroxylation is 8. The first kappa shape index (κ1) is 32.3. The van der Waals surface area contributed by atoms with Crippen molar-refractivity contribution in [2.75, 3.05) is 0 Å². The average Bonchev–Trinajstić information content (AvgIpc) is 2.87. The molecule has 4 rings (SSSR count). The molecule has 0 aliphatic heterocycles.